The topological polar surface area (TPSA) is 408 Å². The van der Waals surface area contributed by atoms with E-state index in [1.165, 1.54) is 100 Å². The predicted octanol–water partition coefficient (Wildman–Crippen LogP) is 12.8. The average molecular weight is 1670 g/mol. The van der Waals surface area contributed by atoms with Gasteiger partial charge in [-0.3, -0.25) is 19.5 Å². The molecule has 34 nitrogen and oxygen atoms in total. The van der Waals surface area contributed by atoms with Gasteiger partial charge >= 0.3 is 29.1 Å². The molecule has 6 aromatic carbocycles. The summed E-state index contributed by atoms with van der Waals surface area (Å²) < 4.78 is 31.4. The normalized spacial score (nSPS) is 12.5. The number of carbonyl (C=O) groups is 3. The van der Waals surface area contributed by atoms with Gasteiger partial charge in [-0.2, -0.15) is 0 Å². The predicted molar refractivity (Wildman–Crippen MR) is 474 cm³/mol. The molecule has 0 bridgehead atoms. The van der Waals surface area contributed by atoms with Crippen LogP contribution < -0.4 is 63.6 Å². The summed E-state index contributed by atoms with van der Waals surface area (Å²) in [6.45, 7) is 6.84. The molecule has 2 aliphatic rings. The summed E-state index contributed by atoms with van der Waals surface area (Å²) in [4.78, 5) is 123. The van der Waals surface area contributed by atoms with E-state index in [0.717, 1.165) is 12.2 Å². The zero-order chi connectivity index (χ0) is 87.3. The van der Waals surface area contributed by atoms with E-state index in [9.17, 15) is 28.8 Å². The number of amides is 2. The van der Waals surface area contributed by atoms with Crippen molar-refractivity contribution in [2.45, 2.75) is 64.1 Å². The van der Waals surface area contributed by atoms with Gasteiger partial charge in [0.25, 0.3) is 0 Å². The molecule has 9 aromatic heterocycles. The van der Waals surface area contributed by atoms with Crippen LogP contribution in [0.4, 0.5) is 39.3 Å². The molecule has 0 saturated heterocycles. The number of carboxylic acids is 1. The molecule has 0 radical (unpaired) electrons. The minimum absolute atomic E-state index is 0.115. The van der Waals surface area contributed by atoms with Crippen molar-refractivity contribution in [3.8, 4) is 69.0 Å². The molecule has 17 rings (SSSR count). The Labute approximate surface area is 710 Å². The van der Waals surface area contributed by atoms with Crippen molar-refractivity contribution in [2.24, 2.45) is 0 Å². The molecule has 2 fully saturated rings. The van der Waals surface area contributed by atoms with Gasteiger partial charge in [-0.25, -0.2) is 96.2 Å². The van der Waals surface area contributed by atoms with E-state index >= 15 is 0 Å². The van der Waals surface area contributed by atoms with Crippen molar-refractivity contribution in [2.75, 3.05) is 80.6 Å². The van der Waals surface area contributed by atoms with Crippen molar-refractivity contribution in [3.05, 3.63) is 294 Å². The van der Waals surface area contributed by atoms with Crippen LogP contribution in [0.15, 0.2) is 276 Å². The Morgan fingerprint density at radius 1 is 0.435 bits per heavy atom. The highest BCUT2D eigenvalue weighted by Gasteiger charge is 2.29. The molecular formula is C90H89N23O11. The summed E-state index contributed by atoms with van der Waals surface area (Å²) in [5.74, 6) is 4.00. The van der Waals surface area contributed by atoms with Gasteiger partial charge in [-0.15, -0.1) is 0 Å². The summed E-state index contributed by atoms with van der Waals surface area (Å²) in [5, 5.41) is 11.4. The number of fused-ring (bicyclic) bond motifs is 3. The van der Waals surface area contributed by atoms with Crippen LogP contribution >= 0.6 is 0 Å². The lowest BCUT2D eigenvalue weighted by atomic mass is 10.2. The van der Waals surface area contributed by atoms with Gasteiger partial charge in [0.2, 0.25) is 5.91 Å². The molecule has 0 spiro atoms. The van der Waals surface area contributed by atoms with Gasteiger partial charge in [0.15, 0.2) is 34.4 Å². The zero-order valence-electron chi connectivity index (χ0n) is 69.0. The number of benzene rings is 6. The molecule has 9 heterocycles. The summed E-state index contributed by atoms with van der Waals surface area (Å²) in [6, 6.07) is 61.0. The van der Waals surface area contributed by atoms with E-state index in [1.54, 1.807) is 132 Å². The lowest BCUT2D eigenvalue weighted by molar-refractivity contribution is -0.131. The summed E-state index contributed by atoms with van der Waals surface area (Å²) in [5.41, 5.74) is 22.4. The van der Waals surface area contributed by atoms with Crippen molar-refractivity contribution in [1.29, 1.82) is 0 Å². The second-order valence-corrected chi connectivity index (χ2v) is 29.7. The van der Waals surface area contributed by atoms with Gasteiger partial charge < -0.3 is 51.5 Å². The highest BCUT2D eigenvalue weighted by atomic mass is 16.6. The van der Waals surface area contributed by atoms with Crippen molar-refractivity contribution >= 4 is 86.0 Å². The second-order valence-electron chi connectivity index (χ2n) is 29.7. The molecule has 124 heavy (non-hydrogen) atoms. The number of nitrogens with one attached hydrogen (secondary N) is 1. The number of hydrogen-bond donors (Lipinski definition) is 5. The third-order valence-corrected chi connectivity index (χ3v) is 19.7. The number of nitrogens with zero attached hydrogens (tertiary/aromatic N) is 19. The number of aliphatic carboxylic acids is 1. The zero-order valence-corrected chi connectivity index (χ0v) is 69.0. The Morgan fingerprint density at radius 3 is 1.13 bits per heavy atom. The molecule has 2 amide bonds. The maximum absolute atomic E-state index is 13.9. The molecular weight excluding hydrogens is 1580 g/mol. The highest BCUT2D eigenvalue weighted by molar-refractivity contribution is 6.01. The number of imidazole rings is 3. The maximum Gasteiger partial charge on any atom is 0.414 e. The van der Waals surface area contributed by atoms with Gasteiger partial charge in [0.05, 0.1) is 35.7 Å². The number of hydrogen-bond acceptors (Lipinski definition) is 25. The van der Waals surface area contributed by atoms with Gasteiger partial charge in [0, 0.05) is 75.5 Å². The number of carbonyl (C=O) groups excluding carboxylic acids is 2. The molecule has 2 saturated carbocycles. The fourth-order valence-electron chi connectivity index (χ4n) is 13.2. The third-order valence-electron chi connectivity index (χ3n) is 19.7. The standard InChI is InChI=1S/C31H30N8O3.C28H27N7O4.C23H19N7O2.C8H13NO2/c1-36(21-13-14-21)17-7-12-27(40)37(2)22-8-6-9-23(18-22)38-30-28(29(32)34-20-35-30)39(31(38)41)26-16-15-25(19-33-26)42-24-10-4-3-5-11-24;1-28(2,3)39-27(37)33(4)18-9-8-10-19(15-18)34-25-23(24(29)31-17-32-25)35(26(34)36)22-14-13-21(16-30-22)38-20-11-6-5-7-12-20;1-25-15-6-5-7-16(12-15)29-22-20(21(24)27-14-28-22)30(23(29)31)19-11-10-18(13-26-19)32-17-8-3-2-4-9-17;1-9(7-4-5-7)6-2-3-8(10)11/h3-12,15-16,18-21H,13-14,17H2,1-2H3,(H2,32,34,35);5-17H,1-4H3,(H2,29,31,32);2-14,25H,1H3,(H2,24,27,28);2-3,7H,4-6H2,1H3,(H,10,11)/b12-7+;;;3-2+. The average Bonchev–Trinajstić information content (AvgIpc) is 1.60. The first-order valence-corrected chi connectivity index (χ1v) is 39.4. The molecule has 630 valence electrons. The number of nitrogens with two attached hydrogens (primary N) is 3. The first kappa shape index (κ1) is 84.5. The molecule has 2 aliphatic carbocycles. The van der Waals surface area contributed by atoms with Crippen LogP contribution in [0.3, 0.4) is 0 Å². The van der Waals surface area contributed by atoms with Crippen molar-refractivity contribution in [3.63, 3.8) is 0 Å². The van der Waals surface area contributed by atoms with Crippen LogP contribution in [0.25, 0.3) is 68.0 Å². The second kappa shape index (κ2) is 37.5. The van der Waals surface area contributed by atoms with E-state index in [1.807, 2.05) is 141 Å². The summed E-state index contributed by atoms with van der Waals surface area (Å²) >= 11 is 0. The minimum Gasteiger partial charge on any atom is -0.478 e. The number of carboxylic acid groups (broad SMARTS) is 1. The minimum atomic E-state index is -0.866. The van der Waals surface area contributed by atoms with E-state index in [-0.39, 0.29) is 34.7 Å². The fourth-order valence-corrected chi connectivity index (χ4v) is 13.2. The molecule has 15 aromatic rings. The Balaban J connectivity index is 0.000000143. The highest BCUT2D eigenvalue weighted by Crippen LogP contribution is 2.33. The first-order chi connectivity index (χ1) is 59.9. The van der Waals surface area contributed by atoms with Crippen LogP contribution in [-0.2, 0) is 14.3 Å². The van der Waals surface area contributed by atoms with Crippen LogP contribution in [0.2, 0.25) is 0 Å². The van der Waals surface area contributed by atoms with E-state index in [2.05, 4.69) is 67.0 Å². The maximum atomic E-state index is 13.9. The Hall–Kier alpha value is -16.0. The molecule has 0 atom stereocenters. The molecule has 8 N–H and O–H groups in total. The molecule has 0 aliphatic heterocycles. The summed E-state index contributed by atoms with van der Waals surface area (Å²) in [7, 11) is 9.19. The lowest BCUT2D eigenvalue weighted by Gasteiger charge is -2.25. The molecule has 0 unspecified atom stereocenters. The fraction of sp³-hybridized carbons (Fsp3) is 0.189. The first-order valence-electron chi connectivity index (χ1n) is 39.4. The number of nitrogen functional groups attached to an aromatic ring is 3. The summed E-state index contributed by atoms with van der Waals surface area (Å²) in [6.07, 6.45) is 19.3. The monoisotopic (exact) mass is 1670 g/mol. The number of anilines is 6. The Morgan fingerprint density at radius 2 is 0.790 bits per heavy atom. The van der Waals surface area contributed by atoms with Crippen LogP contribution in [0.1, 0.15) is 46.5 Å². The lowest BCUT2D eigenvalue weighted by Crippen LogP contribution is -2.34. The van der Waals surface area contributed by atoms with Crippen molar-refractivity contribution < 1.29 is 38.4 Å². The van der Waals surface area contributed by atoms with Gasteiger partial charge in [-0.05, 0) is 188 Å². The third kappa shape index (κ3) is 19.8. The van der Waals surface area contributed by atoms with E-state index in [4.69, 9.17) is 41.3 Å². The number of aromatic nitrogens is 15. The van der Waals surface area contributed by atoms with E-state index in [0.29, 0.717) is 127 Å². The number of pyridine rings is 3. The van der Waals surface area contributed by atoms with Gasteiger partial charge in [-0.1, -0.05) is 84.9 Å². The van der Waals surface area contributed by atoms with Crippen LogP contribution in [0.5, 0.6) is 34.5 Å². The van der Waals surface area contributed by atoms with Crippen molar-refractivity contribution in [1.82, 2.24) is 82.1 Å². The number of likely N-dealkylation sites (N-methyl/N-ethyl adjacent to an activating group) is 3. The SMILES string of the molecule is CN(C(=O)/C=C/CN(C)C1CC1)c1cccc(-n2c(=O)n(-c3ccc(Oc4ccccc4)cn3)c3c(N)ncnc32)c1.CN(C(=O)OC(C)(C)C)c1cccc(-n2c(=O)n(-c3ccc(Oc4ccccc4)cn3)c3c(N)ncnc32)c1.CN(C/C=C/C(=O)O)C1CC1.CNc1cccc(-n2c(=O)n(-c3ccc(Oc4ccccc4)cn3)c3c(N)ncnc32)c1. The van der Waals surface area contributed by atoms with Crippen LogP contribution in [-0.4, -0.2) is 171 Å². The number of rotatable bonds is 23. The quantitative estimate of drug-likeness (QED) is 0.0371. The Kier molecular flexibility index (Phi) is 25.6. The Bertz CT molecular complexity index is 6580. The van der Waals surface area contributed by atoms with Crippen LogP contribution in [0, 0.1) is 0 Å². The number of ether oxygens (including phenoxy) is 4. The largest absolute Gasteiger partial charge is 0.478 e. The molecule has 34 heteroatoms. The number of para-hydroxylation sites is 3. The van der Waals surface area contributed by atoms with E-state index < -0.39 is 29.0 Å². The van der Waals surface area contributed by atoms with Gasteiger partial charge in [0.1, 0.15) is 93.1 Å². The smallest absolute Gasteiger partial charge is 0.414 e.